The number of nitrogens with zero attached hydrogens (tertiary/aromatic N) is 4. The quantitative estimate of drug-likeness (QED) is 0.697. The molecule has 158 valence electrons. The van der Waals surface area contributed by atoms with Gasteiger partial charge in [-0.05, 0) is 30.7 Å². The number of thioether (sulfide) groups is 1. The van der Waals surface area contributed by atoms with Crippen LogP contribution in [0.25, 0.3) is 11.0 Å². The Morgan fingerprint density at radius 2 is 1.76 bits per heavy atom. The van der Waals surface area contributed by atoms with Crippen LogP contribution in [0.3, 0.4) is 0 Å². The lowest BCUT2D eigenvalue weighted by atomic mass is 10.0. The molecule has 1 fully saturated rings. The standard InChI is InChI=1S/C21H30N4O3S/c1-14(2)11-15-12-22-19-17(20(27)24(4)21(28)23(19)3)18(15)29-13-16(26)25-9-7-5-6-8-10-25/h12,14H,5-11,13H2,1-4H3. The lowest BCUT2D eigenvalue weighted by Gasteiger charge is -2.21. The van der Waals surface area contributed by atoms with E-state index in [9.17, 15) is 14.4 Å². The molecule has 2 aromatic rings. The first-order valence-electron chi connectivity index (χ1n) is 10.3. The molecular formula is C21H30N4O3S. The fourth-order valence-electron chi connectivity index (χ4n) is 3.84. The van der Waals surface area contributed by atoms with Crippen LogP contribution in [-0.2, 0) is 25.3 Å². The van der Waals surface area contributed by atoms with Crippen molar-refractivity contribution in [1.82, 2.24) is 19.0 Å². The van der Waals surface area contributed by atoms with Gasteiger partial charge in [-0.1, -0.05) is 26.7 Å². The number of carbonyl (C=O) groups is 1. The van der Waals surface area contributed by atoms with Crippen molar-refractivity contribution in [3.63, 3.8) is 0 Å². The molecule has 1 amide bonds. The average Bonchev–Trinajstić information content (AvgIpc) is 2.98. The van der Waals surface area contributed by atoms with Crippen LogP contribution < -0.4 is 11.2 Å². The van der Waals surface area contributed by atoms with Crippen molar-refractivity contribution < 1.29 is 4.79 Å². The van der Waals surface area contributed by atoms with E-state index < -0.39 is 5.69 Å². The van der Waals surface area contributed by atoms with Crippen LogP contribution in [0.4, 0.5) is 0 Å². The molecule has 0 spiro atoms. The third kappa shape index (κ3) is 4.57. The molecule has 0 radical (unpaired) electrons. The van der Waals surface area contributed by atoms with Gasteiger partial charge in [0.05, 0.1) is 11.1 Å². The summed E-state index contributed by atoms with van der Waals surface area (Å²) < 4.78 is 2.51. The Morgan fingerprint density at radius 1 is 1.10 bits per heavy atom. The first-order valence-corrected chi connectivity index (χ1v) is 11.3. The van der Waals surface area contributed by atoms with Crippen LogP contribution in [0.1, 0.15) is 45.1 Å². The fourth-order valence-corrected chi connectivity index (χ4v) is 4.93. The van der Waals surface area contributed by atoms with Crippen molar-refractivity contribution in [2.24, 2.45) is 20.0 Å². The molecule has 1 aliphatic heterocycles. The number of pyridine rings is 1. The van der Waals surface area contributed by atoms with E-state index in [-0.39, 0.29) is 17.2 Å². The van der Waals surface area contributed by atoms with E-state index in [1.807, 2.05) is 4.90 Å². The van der Waals surface area contributed by atoms with E-state index >= 15 is 0 Å². The summed E-state index contributed by atoms with van der Waals surface area (Å²) in [7, 11) is 3.10. The molecule has 0 saturated carbocycles. The fraction of sp³-hybridized carbons (Fsp3) is 0.619. The number of rotatable bonds is 5. The largest absolute Gasteiger partial charge is 0.342 e. The number of likely N-dealkylation sites (tertiary alicyclic amines) is 1. The summed E-state index contributed by atoms with van der Waals surface area (Å²) in [4.78, 5) is 45.2. The summed E-state index contributed by atoms with van der Waals surface area (Å²) in [6, 6.07) is 0. The molecule has 7 nitrogen and oxygen atoms in total. The Kier molecular flexibility index (Phi) is 6.82. The highest BCUT2D eigenvalue weighted by Crippen LogP contribution is 2.30. The molecule has 0 bridgehead atoms. The van der Waals surface area contributed by atoms with Gasteiger partial charge < -0.3 is 4.90 Å². The predicted octanol–water partition coefficient (Wildman–Crippen LogP) is 2.33. The third-order valence-electron chi connectivity index (χ3n) is 5.42. The van der Waals surface area contributed by atoms with Crippen LogP contribution in [0.2, 0.25) is 0 Å². The van der Waals surface area contributed by atoms with Gasteiger partial charge in [0.2, 0.25) is 5.91 Å². The monoisotopic (exact) mass is 418 g/mol. The molecule has 2 aromatic heterocycles. The first-order chi connectivity index (χ1) is 13.8. The number of hydrogen-bond donors (Lipinski definition) is 0. The summed E-state index contributed by atoms with van der Waals surface area (Å²) in [6.45, 7) is 5.84. The number of hydrogen-bond acceptors (Lipinski definition) is 5. The van der Waals surface area contributed by atoms with Crippen LogP contribution in [0.15, 0.2) is 20.7 Å². The van der Waals surface area contributed by atoms with Crippen molar-refractivity contribution in [2.75, 3.05) is 18.8 Å². The molecule has 0 unspecified atom stereocenters. The molecule has 0 aliphatic carbocycles. The summed E-state index contributed by atoms with van der Waals surface area (Å²) in [5, 5.41) is 0.432. The summed E-state index contributed by atoms with van der Waals surface area (Å²) in [5.74, 6) is 0.779. The van der Waals surface area contributed by atoms with Gasteiger partial charge in [0, 0.05) is 38.3 Å². The van der Waals surface area contributed by atoms with Gasteiger partial charge in [-0.15, -0.1) is 11.8 Å². The molecule has 29 heavy (non-hydrogen) atoms. The second-order valence-corrected chi connectivity index (χ2v) is 9.18. The summed E-state index contributed by atoms with van der Waals surface area (Å²) >= 11 is 1.40. The highest BCUT2D eigenvalue weighted by molar-refractivity contribution is 8.00. The predicted molar refractivity (Wildman–Crippen MR) is 117 cm³/mol. The summed E-state index contributed by atoms with van der Waals surface area (Å²) in [6.07, 6.45) is 6.96. The first kappa shape index (κ1) is 21.6. The van der Waals surface area contributed by atoms with E-state index in [4.69, 9.17) is 0 Å². The third-order valence-corrected chi connectivity index (χ3v) is 6.57. The molecule has 0 atom stereocenters. The Labute approximate surface area is 175 Å². The number of aromatic nitrogens is 3. The Bertz CT molecular complexity index is 1020. The van der Waals surface area contributed by atoms with Crippen molar-refractivity contribution >= 4 is 28.7 Å². The molecule has 0 N–H and O–H groups in total. The van der Waals surface area contributed by atoms with E-state index in [1.54, 1.807) is 13.2 Å². The van der Waals surface area contributed by atoms with Gasteiger partial charge in [0.1, 0.15) is 5.65 Å². The van der Waals surface area contributed by atoms with E-state index in [2.05, 4.69) is 18.8 Å². The molecule has 3 rings (SSSR count). The van der Waals surface area contributed by atoms with Gasteiger partial charge >= 0.3 is 5.69 Å². The molecule has 8 heteroatoms. The van der Waals surface area contributed by atoms with Crippen molar-refractivity contribution in [1.29, 1.82) is 0 Å². The van der Waals surface area contributed by atoms with Crippen molar-refractivity contribution in [3.8, 4) is 0 Å². The zero-order chi connectivity index (χ0) is 21.1. The number of aryl methyl sites for hydroxylation is 1. The lowest BCUT2D eigenvalue weighted by Crippen LogP contribution is -2.37. The number of amides is 1. The minimum absolute atomic E-state index is 0.110. The highest BCUT2D eigenvalue weighted by Gasteiger charge is 2.21. The second-order valence-electron chi connectivity index (χ2n) is 8.20. The summed E-state index contributed by atoms with van der Waals surface area (Å²) in [5.41, 5.74) is 0.571. The van der Waals surface area contributed by atoms with Gasteiger partial charge in [0.25, 0.3) is 5.56 Å². The molecule has 1 aliphatic rings. The minimum atomic E-state index is -0.400. The second kappa shape index (κ2) is 9.15. The Hall–Kier alpha value is -2.09. The zero-order valence-electron chi connectivity index (χ0n) is 17.7. The van der Waals surface area contributed by atoms with Crippen molar-refractivity contribution in [3.05, 3.63) is 32.6 Å². The molecule has 1 saturated heterocycles. The molecule has 3 heterocycles. The maximum Gasteiger partial charge on any atom is 0.332 e. The molecular weight excluding hydrogens is 388 g/mol. The number of carbonyl (C=O) groups excluding carboxylic acids is 1. The van der Waals surface area contributed by atoms with Crippen LogP contribution in [0.5, 0.6) is 0 Å². The van der Waals surface area contributed by atoms with Gasteiger partial charge in [-0.25, -0.2) is 9.78 Å². The number of fused-ring (bicyclic) bond motifs is 1. The maximum absolute atomic E-state index is 13.0. The highest BCUT2D eigenvalue weighted by atomic mass is 32.2. The normalized spacial score (nSPS) is 15.1. The smallest absolute Gasteiger partial charge is 0.332 e. The van der Waals surface area contributed by atoms with Crippen LogP contribution in [-0.4, -0.2) is 43.8 Å². The van der Waals surface area contributed by atoms with Gasteiger partial charge in [0.15, 0.2) is 0 Å². The Morgan fingerprint density at radius 3 is 2.38 bits per heavy atom. The SMILES string of the molecule is CC(C)Cc1cnc2c(c1SCC(=O)N1CCCCCC1)c(=O)n(C)c(=O)n2C. The maximum atomic E-state index is 13.0. The van der Waals surface area contributed by atoms with Gasteiger partial charge in [-0.2, -0.15) is 0 Å². The van der Waals surface area contributed by atoms with E-state index in [0.29, 0.717) is 17.0 Å². The van der Waals surface area contributed by atoms with E-state index in [1.165, 1.54) is 36.2 Å². The van der Waals surface area contributed by atoms with E-state index in [0.717, 1.165) is 47.4 Å². The zero-order valence-corrected chi connectivity index (χ0v) is 18.5. The van der Waals surface area contributed by atoms with Gasteiger partial charge in [-0.3, -0.25) is 18.7 Å². The van der Waals surface area contributed by atoms with Crippen molar-refractivity contribution in [2.45, 2.75) is 50.8 Å². The lowest BCUT2D eigenvalue weighted by molar-refractivity contribution is -0.128. The Balaban J connectivity index is 2.02. The topological polar surface area (TPSA) is 77.2 Å². The van der Waals surface area contributed by atoms with Crippen LogP contribution in [0, 0.1) is 5.92 Å². The molecule has 0 aromatic carbocycles. The minimum Gasteiger partial charge on any atom is -0.342 e. The average molecular weight is 419 g/mol. The van der Waals surface area contributed by atoms with Crippen LogP contribution >= 0.6 is 11.8 Å².